The zero-order valence-electron chi connectivity index (χ0n) is 16.2. The number of carbonyl (C=O) groups is 2. The Labute approximate surface area is 149 Å². The Kier molecular flexibility index (Phi) is 3.05. The topological polar surface area (TPSA) is 65.0 Å². The van der Waals surface area contributed by atoms with Gasteiger partial charge in [-0.15, -0.1) is 0 Å². The minimum absolute atomic E-state index is 0.0122. The van der Waals surface area contributed by atoms with Crippen LogP contribution in [0.15, 0.2) is 5.16 Å². The molecule has 4 unspecified atom stereocenters. The van der Waals surface area contributed by atoms with Crippen molar-refractivity contribution in [2.75, 3.05) is 0 Å². The zero-order chi connectivity index (χ0) is 18.5. The van der Waals surface area contributed by atoms with Gasteiger partial charge in [0.25, 0.3) is 0 Å². The first-order chi connectivity index (χ1) is 11.4. The Hall–Kier alpha value is -1.39. The summed E-state index contributed by atoms with van der Waals surface area (Å²) in [5.74, 6) is -0.200. The molecule has 0 aromatic rings. The summed E-state index contributed by atoms with van der Waals surface area (Å²) in [4.78, 5) is 30.7. The highest BCUT2D eigenvalue weighted by molar-refractivity contribution is 5.96. The standard InChI is InChI=1S/C20H29NO4/c1-16(2)12-7-8-18(16,5)13(11-12)21-25-15(23)20-10-9-19(6,14(22)24-20)17(20,3)4/h12H,7-11H2,1-6H3/b21-13+. The molecule has 0 aromatic heterocycles. The van der Waals surface area contributed by atoms with Gasteiger partial charge in [-0.05, 0) is 50.4 Å². The predicted octanol–water partition coefficient (Wildman–Crippen LogP) is 3.85. The van der Waals surface area contributed by atoms with Crippen LogP contribution in [0.5, 0.6) is 0 Å². The molecule has 3 aliphatic carbocycles. The lowest BCUT2D eigenvalue weighted by Crippen LogP contribution is -2.48. The van der Waals surface area contributed by atoms with Gasteiger partial charge in [0.15, 0.2) is 0 Å². The Morgan fingerprint density at radius 3 is 2.20 bits per heavy atom. The van der Waals surface area contributed by atoms with Gasteiger partial charge in [0.05, 0.1) is 11.1 Å². The second kappa shape index (κ2) is 4.47. The minimum atomic E-state index is -1.20. The fourth-order valence-electron chi connectivity index (χ4n) is 5.94. The minimum Gasteiger partial charge on any atom is -0.446 e. The highest BCUT2D eigenvalue weighted by Gasteiger charge is 2.76. The van der Waals surface area contributed by atoms with Crippen molar-refractivity contribution in [1.82, 2.24) is 0 Å². The molecule has 4 bridgehead atoms. The van der Waals surface area contributed by atoms with Gasteiger partial charge in [0.1, 0.15) is 0 Å². The van der Waals surface area contributed by atoms with Crippen LogP contribution in [-0.2, 0) is 19.2 Å². The number of ether oxygens (including phenoxy) is 1. The molecule has 5 heteroatoms. The average Bonchev–Trinajstić information content (AvgIpc) is 3.02. The van der Waals surface area contributed by atoms with E-state index in [0.29, 0.717) is 18.8 Å². The second-order valence-corrected chi connectivity index (χ2v) is 10.1. The van der Waals surface area contributed by atoms with Crippen molar-refractivity contribution in [2.24, 2.45) is 32.7 Å². The van der Waals surface area contributed by atoms with Crippen LogP contribution in [0.2, 0.25) is 0 Å². The highest BCUT2D eigenvalue weighted by atomic mass is 16.7. The molecule has 0 aromatic carbocycles. The van der Waals surface area contributed by atoms with E-state index in [4.69, 9.17) is 9.57 Å². The van der Waals surface area contributed by atoms with Crippen LogP contribution in [0.4, 0.5) is 0 Å². The first-order valence-electron chi connectivity index (χ1n) is 9.45. The third-order valence-electron chi connectivity index (χ3n) is 9.16. The normalized spacial score (nSPS) is 47.4. The lowest BCUT2D eigenvalue weighted by atomic mass is 9.66. The van der Waals surface area contributed by atoms with Crippen LogP contribution >= 0.6 is 0 Å². The Balaban J connectivity index is 1.60. The third kappa shape index (κ3) is 1.64. The molecule has 3 saturated carbocycles. The molecule has 0 radical (unpaired) electrons. The van der Waals surface area contributed by atoms with Crippen LogP contribution in [0.3, 0.4) is 0 Å². The van der Waals surface area contributed by atoms with Gasteiger partial charge < -0.3 is 9.57 Å². The molecule has 4 fully saturated rings. The van der Waals surface area contributed by atoms with Crippen LogP contribution in [0.1, 0.15) is 73.6 Å². The van der Waals surface area contributed by atoms with Crippen LogP contribution in [0, 0.1) is 27.6 Å². The summed E-state index contributed by atoms with van der Waals surface area (Å²) in [7, 11) is 0. The Morgan fingerprint density at radius 2 is 1.76 bits per heavy atom. The third-order valence-corrected chi connectivity index (χ3v) is 9.16. The number of hydrogen-bond donors (Lipinski definition) is 0. The molecule has 1 saturated heterocycles. The van der Waals surface area contributed by atoms with Crippen LogP contribution in [-0.4, -0.2) is 23.3 Å². The molecule has 25 heavy (non-hydrogen) atoms. The smallest absolute Gasteiger partial charge is 0.378 e. The summed E-state index contributed by atoms with van der Waals surface area (Å²) in [6.45, 7) is 12.6. The van der Waals surface area contributed by atoms with Crippen molar-refractivity contribution in [3.05, 3.63) is 0 Å². The summed E-state index contributed by atoms with van der Waals surface area (Å²) in [5, 5.41) is 4.32. The number of nitrogens with zero attached hydrogens (tertiary/aromatic N) is 1. The van der Waals surface area contributed by atoms with Crippen LogP contribution in [0.25, 0.3) is 0 Å². The molecule has 4 rings (SSSR count). The number of carbonyl (C=O) groups excluding carboxylic acids is 2. The zero-order valence-corrected chi connectivity index (χ0v) is 16.2. The van der Waals surface area contributed by atoms with Crippen molar-refractivity contribution in [1.29, 1.82) is 0 Å². The van der Waals surface area contributed by atoms with Crippen molar-refractivity contribution in [3.63, 3.8) is 0 Å². The monoisotopic (exact) mass is 347 g/mol. The van der Waals surface area contributed by atoms with Crippen molar-refractivity contribution in [3.8, 4) is 0 Å². The SMILES string of the molecule is CC12CCC(C(=O)O/N=C3\CC4CCC3(C)C4(C)C)(OC1=O)C2(C)C. The van der Waals surface area contributed by atoms with E-state index < -0.39 is 22.4 Å². The maximum absolute atomic E-state index is 13.0. The molecule has 0 amide bonds. The molecule has 4 aliphatic rings. The van der Waals surface area contributed by atoms with E-state index in [1.165, 1.54) is 6.42 Å². The summed E-state index contributed by atoms with van der Waals surface area (Å²) in [6, 6.07) is 0. The molecule has 0 N–H and O–H groups in total. The van der Waals surface area contributed by atoms with E-state index in [2.05, 4.69) is 25.9 Å². The van der Waals surface area contributed by atoms with Crippen molar-refractivity contribution < 1.29 is 19.2 Å². The van der Waals surface area contributed by atoms with Crippen LogP contribution < -0.4 is 0 Å². The molecule has 1 heterocycles. The molecule has 1 aliphatic heterocycles. The van der Waals surface area contributed by atoms with Gasteiger partial charge in [0.2, 0.25) is 5.60 Å². The number of rotatable bonds is 2. The molecular formula is C20H29NO4. The fourth-order valence-corrected chi connectivity index (χ4v) is 5.94. The lowest BCUT2D eigenvalue weighted by Gasteiger charge is -2.35. The number of fused-ring (bicyclic) bond motifs is 4. The highest BCUT2D eigenvalue weighted by Crippen LogP contribution is 2.66. The predicted molar refractivity (Wildman–Crippen MR) is 92.7 cm³/mol. The average molecular weight is 347 g/mol. The van der Waals surface area contributed by atoms with Crippen molar-refractivity contribution >= 4 is 17.7 Å². The number of hydrogen-bond acceptors (Lipinski definition) is 5. The summed E-state index contributed by atoms with van der Waals surface area (Å²) in [5.41, 5.74) is -1.26. The van der Waals surface area contributed by atoms with E-state index in [0.717, 1.165) is 18.6 Å². The Bertz CT molecular complexity index is 708. The van der Waals surface area contributed by atoms with E-state index in [-0.39, 0.29) is 16.8 Å². The number of esters is 1. The first-order valence-corrected chi connectivity index (χ1v) is 9.45. The van der Waals surface area contributed by atoms with E-state index in [1.807, 2.05) is 20.8 Å². The molecule has 4 atom stereocenters. The molecule has 5 nitrogen and oxygen atoms in total. The Morgan fingerprint density at radius 1 is 1.08 bits per heavy atom. The van der Waals surface area contributed by atoms with Gasteiger partial charge in [-0.25, -0.2) is 4.79 Å². The van der Waals surface area contributed by atoms with E-state index in [1.54, 1.807) is 0 Å². The maximum Gasteiger partial charge on any atom is 0.378 e. The second-order valence-electron chi connectivity index (χ2n) is 10.1. The molecule has 0 spiro atoms. The maximum atomic E-state index is 13.0. The summed E-state index contributed by atoms with van der Waals surface area (Å²) < 4.78 is 5.59. The summed E-state index contributed by atoms with van der Waals surface area (Å²) >= 11 is 0. The van der Waals surface area contributed by atoms with E-state index in [9.17, 15) is 9.59 Å². The van der Waals surface area contributed by atoms with Gasteiger partial charge in [-0.2, -0.15) is 0 Å². The fraction of sp³-hybridized carbons (Fsp3) is 0.850. The summed E-state index contributed by atoms with van der Waals surface area (Å²) in [6.07, 6.45) is 4.35. The van der Waals surface area contributed by atoms with Gasteiger partial charge in [-0.3, -0.25) is 4.79 Å². The van der Waals surface area contributed by atoms with Gasteiger partial charge in [-0.1, -0.05) is 39.8 Å². The van der Waals surface area contributed by atoms with Gasteiger partial charge >= 0.3 is 11.9 Å². The van der Waals surface area contributed by atoms with Gasteiger partial charge in [0, 0.05) is 10.8 Å². The van der Waals surface area contributed by atoms with Crippen molar-refractivity contribution in [2.45, 2.75) is 79.2 Å². The molecule has 138 valence electrons. The lowest BCUT2D eigenvalue weighted by molar-refractivity contribution is -0.183. The van der Waals surface area contributed by atoms with E-state index >= 15 is 0 Å². The number of oxime groups is 1. The largest absolute Gasteiger partial charge is 0.446 e. The molecular weight excluding hydrogens is 318 g/mol. The quantitative estimate of drug-likeness (QED) is 0.432. The first kappa shape index (κ1) is 17.0.